The van der Waals surface area contributed by atoms with Crippen molar-refractivity contribution in [2.24, 2.45) is 5.10 Å². The third-order valence-electron chi connectivity index (χ3n) is 4.41. The van der Waals surface area contributed by atoms with Gasteiger partial charge in [0.25, 0.3) is 5.91 Å². The molecule has 0 aromatic heterocycles. The second kappa shape index (κ2) is 11.6. The molecule has 0 atom stereocenters. The van der Waals surface area contributed by atoms with Gasteiger partial charge in [-0.15, -0.1) is 0 Å². The maximum absolute atomic E-state index is 12.9. The largest absolute Gasteiger partial charge is 0.484 e. The smallest absolute Gasteiger partial charge is 0.416 e. The molecule has 0 spiro atoms. The number of anilines is 2. The minimum Gasteiger partial charge on any atom is -0.484 e. The summed E-state index contributed by atoms with van der Waals surface area (Å²) in [4.78, 5) is 35.6. The number of hydrogen-bond acceptors (Lipinski definition) is 5. The summed E-state index contributed by atoms with van der Waals surface area (Å²) in [5.74, 6) is -2.87. The lowest BCUT2D eigenvalue weighted by molar-refractivity contribution is -0.137. The molecule has 36 heavy (non-hydrogen) atoms. The second-order valence-electron chi connectivity index (χ2n) is 7.14. The van der Waals surface area contributed by atoms with Crippen molar-refractivity contribution in [1.82, 2.24) is 5.43 Å². The number of benzene rings is 3. The number of nitrogens with one attached hydrogen (secondary N) is 3. The minimum absolute atomic E-state index is 0.0154. The summed E-state index contributed by atoms with van der Waals surface area (Å²) in [6.07, 6.45) is -3.27. The van der Waals surface area contributed by atoms with Crippen LogP contribution in [0.4, 0.5) is 28.9 Å². The van der Waals surface area contributed by atoms with Gasteiger partial charge in [-0.3, -0.25) is 14.4 Å². The fourth-order valence-electron chi connectivity index (χ4n) is 2.71. The molecule has 12 heteroatoms. The number of amides is 3. The van der Waals surface area contributed by atoms with E-state index in [2.05, 4.69) is 15.7 Å². The molecule has 8 nitrogen and oxygen atoms in total. The van der Waals surface area contributed by atoms with Crippen molar-refractivity contribution in [3.8, 4) is 5.75 Å². The Bertz CT molecular complexity index is 1260. The summed E-state index contributed by atoms with van der Waals surface area (Å²) in [5, 5.41) is 8.27. The number of carbonyl (C=O) groups excluding carboxylic acids is 3. The third kappa shape index (κ3) is 7.94. The van der Waals surface area contributed by atoms with E-state index in [0.717, 1.165) is 24.3 Å². The molecule has 0 aliphatic rings. The lowest BCUT2D eigenvalue weighted by Crippen LogP contribution is -2.32. The number of alkyl halides is 3. The molecule has 3 rings (SSSR count). The summed E-state index contributed by atoms with van der Waals surface area (Å²) < 4.78 is 56.4. The van der Waals surface area contributed by atoms with Crippen molar-refractivity contribution in [3.63, 3.8) is 0 Å². The first-order valence-corrected chi connectivity index (χ1v) is 10.2. The lowest BCUT2D eigenvalue weighted by Gasteiger charge is -2.10. The van der Waals surface area contributed by atoms with Crippen LogP contribution in [0.5, 0.6) is 5.75 Å². The van der Waals surface area contributed by atoms with Crippen LogP contribution in [-0.4, -0.2) is 30.5 Å². The van der Waals surface area contributed by atoms with Crippen molar-refractivity contribution < 1.29 is 36.7 Å². The highest BCUT2D eigenvalue weighted by atomic mass is 19.4. The monoisotopic (exact) mass is 502 g/mol. The Morgan fingerprint density at radius 2 is 1.56 bits per heavy atom. The molecule has 3 aromatic carbocycles. The van der Waals surface area contributed by atoms with Gasteiger partial charge >= 0.3 is 18.0 Å². The standard InChI is InChI=1S/C24H18F4N4O4/c25-17-6-8-18(9-7-17)31-22(34)23(35)32-29-13-15-4-10-20(11-5-15)36-14-21(33)30-19-3-1-2-16(12-19)24(26,27)28/h1-13H,14H2,(H,30,33)(H,31,34)(H,32,35)/b29-13-. The zero-order valence-electron chi connectivity index (χ0n) is 18.3. The second-order valence-corrected chi connectivity index (χ2v) is 7.14. The summed E-state index contributed by atoms with van der Waals surface area (Å²) in [7, 11) is 0. The van der Waals surface area contributed by atoms with Crippen molar-refractivity contribution in [1.29, 1.82) is 0 Å². The van der Waals surface area contributed by atoms with E-state index in [1.807, 2.05) is 5.43 Å². The molecule has 0 aliphatic heterocycles. The maximum Gasteiger partial charge on any atom is 0.416 e. The first-order chi connectivity index (χ1) is 17.1. The van der Waals surface area contributed by atoms with Crippen LogP contribution >= 0.6 is 0 Å². The fraction of sp³-hybridized carbons (Fsp3) is 0.0833. The number of hydrogen-bond donors (Lipinski definition) is 3. The van der Waals surface area contributed by atoms with E-state index in [4.69, 9.17) is 4.74 Å². The number of ether oxygens (including phenoxy) is 1. The first kappa shape index (κ1) is 25.9. The van der Waals surface area contributed by atoms with Gasteiger partial charge in [0.2, 0.25) is 0 Å². The first-order valence-electron chi connectivity index (χ1n) is 10.2. The molecule has 3 amide bonds. The van der Waals surface area contributed by atoms with Crippen molar-refractivity contribution >= 4 is 35.3 Å². The van der Waals surface area contributed by atoms with E-state index >= 15 is 0 Å². The predicted octanol–water partition coefficient (Wildman–Crippen LogP) is 3.95. The molecule has 0 bridgehead atoms. The van der Waals surface area contributed by atoms with Crippen LogP contribution < -0.4 is 20.8 Å². The van der Waals surface area contributed by atoms with Gasteiger partial charge in [-0.05, 0) is 72.3 Å². The third-order valence-corrected chi connectivity index (χ3v) is 4.41. The molecule has 3 N–H and O–H groups in total. The quantitative estimate of drug-likeness (QED) is 0.197. The van der Waals surface area contributed by atoms with Gasteiger partial charge in [0.15, 0.2) is 6.61 Å². The number of nitrogens with zero attached hydrogens (tertiary/aromatic N) is 1. The Hall–Kier alpha value is -4.74. The molecule has 0 saturated heterocycles. The molecule has 0 radical (unpaired) electrons. The van der Waals surface area contributed by atoms with Gasteiger partial charge in [0.1, 0.15) is 11.6 Å². The van der Waals surface area contributed by atoms with Crippen LogP contribution in [0.3, 0.4) is 0 Å². The number of halogens is 4. The van der Waals surface area contributed by atoms with Crippen molar-refractivity contribution in [3.05, 3.63) is 89.7 Å². The van der Waals surface area contributed by atoms with Gasteiger partial charge in [0, 0.05) is 11.4 Å². The molecule has 186 valence electrons. The summed E-state index contributed by atoms with van der Waals surface area (Å²) in [6, 6.07) is 15.2. The van der Waals surface area contributed by atoms with Crippen LogP contribution in [0, 0.1) is 5.82 Å². The van der Waals surface area contributed by atoms with Crippen LogP contribution in [0.25, 0.3) is 0 Å². The van der Waals surface area contributed by atoms with E-state index in [0.29, 0.717) is 11.3 Å². The minimum atomic E-state index is -4.53. The van der Waals surface area contributed by atoms with Gasteiger partial charge < -0.3 is 15.4 Å². The maximum atomic E-state index is 12.9. The lowest BCUT2D eigenvalue weighted by atomic mass is 10.2. The fourth-order valence-corrected chi connectivity index (χ4v) is 2.71. The van der Waals surface area contributed by atoms with Gasteiger partial charge in [-0.1, -0.05) is 6.07 Å². The molecule has 0 unspecified atom stereocenters. The van der Waals surface area contributed by atoms with Crippen LogP contribution in [0.15, 0.2) is 77.9 Å². The molecular formula is C24H18F4N4O4. The van der Waals surface area contributed by atoms with Crippen molar-refractivity contribution in [2.45, 2.75) is 6.18 Å². The summed E-state index contributed by atoms with van der Waals surface area (Å²) in [6.45, 7) is -0.442. The molecule has 0 heterocycles. The van der Waals surface area contributed by atoms with Gasteiger partial charge in [-0.25, -0.2) is 9.82 Å². The Balaban J connectivity index is 1.44. The molecule has 0 aliphatic carbocycles. The highest BCUT2D eigenvalue weighted by Crippen LogP contribution is 2.30. The van der Waals surface area contributed by atoms with E-state index in [1.165, 1.54) is 42.6 Å². The number of rotatable bonds is 7. The molecular weight excluding hydrogens is 484 g/mol. The Kier molecular flexibility index (Phi) is 8.34. The van der Waals surface area contributed by atoms with E-state index in [9.17, 15) is 31.9 Å². The highest BCUT2D eigenvalue weighted by Gasteiger charge is 2.30. The average Bonchev–Trinajstić information content (AvgIpc) is 2.84. The highest BCUT2D eigenvalue weighted by molar-refractivity contribution is 6.39. The molecule has 0 saturated carbocycles. The SMILES string of the molecule is O=C(COc1ccc(/C=N\NC(=O)C(=O)Nc2ccc(F)cc2)cc1)Nc1cccc(C(F)(F)F)c1. The summed E-state index contributed by atoms with van der Waals surface area (Å²) >= 11 is 0. The van der Waals surface area contributed by atoms with E-state index < -0.39 is 41.9 Å². The Labute approximate surface area is 202 Å². The van der Waals surface area contributed by atoms with Crippen LogP contribution in [0.1, 0.15) is 11.1 Å². The number of hydrazone groups is 1. The molecule has 3 aromatic rings. The van der Waals surface area contributed by atoms with E-state index in [1.54, 1.807) is 12.1 Å². The van der Waals surface area contributed by atoms with Gasteiger partial charge in [-0.2, -0.15) is 18.3 Å². The summed E-state index contributed by atoms with van der Waals surface area (Å²) in [5.41, 5.74) is 1.90. The van der Waals surface area contributed by atoms with Crippen LogP contribution in [-0.2, 0) is 20.6 Å². The zero-order valence-corrected chi connectivity index (χ0v) is 18.3. The molecule has 0 fully saturated rings. The topological polar surface area (TPSA) is 109 Å². The van der Waals surface area contributed by atoms with Crippen molar-refractivity contribution in [2.75, 3.05) is 17.2 Å². The Morgan fingerprint density at radius 3 is 2.22 bits per heavy atom. The van der Waals surface area contributed by atoms with Gasteiger partial charge in [0.05, 0.1) is 11.8 Å². The van der Waals surface area contributed by atoms with Crippen LogP contribution in [0.2, 0.25) is 0 Å². The van der Waals surface area contributed by atoms with E-state index in [-0.39, 0.29) is 11.4 Å². The number of carbonyl (C=O) groups is 3. The predicted molar refractivity (Wildman–Crippen MR) is 123 cm³/mol. The normalized spacial score (nSPS) is 11.1. The Morgan fingerprint density at radius 1 is 0.861 bits per heavy atom. The zero-order chi connectivity index (χ0) is 26.1. The average molecular weight is 502 g/mol.